The van der Waals surface area contributed by atoms with Crippen LogP contribution in [0.4, 0.5) is 28.1 Å². The van der Waals surface area contributed by atoms with Gasteiger partial charge in [0.05, 0.1) is 14.1 Å². The first kappa shape index (κ1) is 38.1. The highest BCUT2D eigenvalue weighted by Gasteiger charge is 2.72. The zero-order valence-electron chi connectivity index (χ0n) is 32.3. The Balaban J connectivity index is 0.000000185. The first-order valence-corrected chi connectivity index (χ1v) is 18.3. The van der Waals surface area contributed by atoms with Crippen molar-refractivity contribution in [3.8, 4) is 0 Å². The Bertz CT molecular complexity index is 1910. The Morgan fingerprint density at radius 3 is 1.61 bits per heavy atom. The molecule has 0 bridgehead atoms. The second-order valence-electron chi connectivity index (χ2n) is 15.7. The molecule has 3 fully saturated rings. The van der Waals surface area contributed by atoms with Crippen molar-refractivity contribution in [1.82, 2.24) is 50.2 Å². The van der Waals surface area contributed by atoms with Gasteiger partial charge >= 0.3 is 12.1 Å². The summed E-state index contributed by atoms with van der Waals surface area (Å²) < 4.78 is 11.0. The minimum absolute atomic E-state index is 0.137. The number of hydrogen-bond acceptors (Lipinski definition) is 13. The maximum Gasteiger partial charge on any atom is 0.410 e. The van der Waals surface area contributed by atoms with E-state index >= 15 is 0 Å². The van der Waals surface area contributed by atoms with Crippen LogP contribution in [0.1, 0.15) is 67.2 Å². The molecule has 5 heterocycles. The topological polar surface area (TPSA) is 170 Å². The number of aromatic nitrogens is 8. The molecule has 2 amide bonds. The quantitative estimate of drug-likeness (QED) is 0.150. The second-order valence-corrected chi connectivity index (χ2v) is 15.7. The predicted octanol–water partition coefficient (Wildman–Crippen LogP) is 4.18. The molecule has 54 heavy (non-hydrogen) atoms. The van der Waals surface area contributed by atoms with Gasteiger partial charge in [-0.3, -0.25) is 4.79 Å². The first-order valence-electron chi connectivity index (χ1n) is 18.3. The molecule has 2 atom stereocenters. The van der Waals surface area contributed by atoms with Crippen LogP contribution >= 0.6 is 0 Å². The van der Waals surface area contributed by atoms with Gasteiger partial charge in [0, 0.05) is 49.5 Å². The highest BCUT2D eigenvalue weighted by molar-refractivity contribution is 6.20. The number of benzene rings is 2. The summed E-state index contributed by atoms with van der Waals surface area (Å²) in [6.45, 7) is 12.8. The lowest BCUT2D eigenvalue weighted by atomic mass is 9.92. The number of carbonyl (C=O) groups excluding carboxylic acids is 3. The number of anilines is 4. The summed E-state index contributed by atoms with van der Waals surface area (Å²) in [5.74, 6) is 0.383. The molecule has 17 heteroatoms. The zero-order chi connectivity index (χ0) is 38.8. The lowest BCUT2D eigenvalue weighted by molar-refractivity contribution is -0.160. The van der Waals surface area contributed by atoms with Crippen LogP contribution in [-0.4, -0.2) is 117 Å². The van der Waals surface area contributed by atoms with Gasteiger partial charge in [-0.05, 0) is 95.5 Å². The Morgan fingerprint density at radius 2 is 1.17 bits per heavy atom. The van der Waals surface area contributed by atoms with Gasteiger partial charge in [-0.2, -0.15) is 9.59 Å². The van der Waals surface area contributed by atoms with E-state index in [0.29, 0.717) is 44.4 Å². The minimum Gasteiger partial charge on any atom is -0.458 e. The Hall–Kier alpha value is -5.61. The van der Waals surface area contributed by atoms with Crippen molar-refractivity contribution < 1.29 is 23.9 Å². The highest BCUT2D eigenvalue weighted by atomic mass is 16.6. The van der Waals surface area contributed by atoms with Crippen molar-refractivity contribution in [1.29, 1.82) is 0 Å². The lowest BCUT2D eigenvalue weighted by Crippen LogP contribution is -2.48. The molecule has 3 aliphatic heterocycles. The number of amides is 2. The summed E-state index contributed by atoms with van der Waals surface area (Å²) >= 11 is 0. The van der Waals surface area contributed by atoms with E-state index in [1.54, 1.807) is 44.7 Å². The van der Waals surface area contributed by atoms with Gasteiger partial charge in [-0.15, -0.1) is 10.2 Å². The standard InChI is InChI=1S/C19H24N6O3.C18H26N6O2/c1-18(2,3)28-16(27)19-12-14(10-11-24(19)15(19)26)25(13-8-6-5-7-9-13)17-20-22-23(4)21-17;1-18(2,3)26-17(25)23-12-10-15(11-13-23)24(14-8-6-5-7-9-14)16-19-21-22(4)20-16/h5-9,14H,10-12H2,1-4H3;5-9,15H,10-13H2,1-4H3. The van der Waals surface area contributed by atoms with E-state index < -0.39 is 22.7 Å². The highest BCUT2D eigenvalue weighted by Crippen LogP contribution is 2.47. The molecule has 3 saturated heterocycles. The van der Waals surface area contributed by atoms with Crippen molar-refractivity contribution >= 4 is 41.2 Å². The van der Waals surface area contributed by atoms with E-state index in [0.717, 1.165) is 24.2 Å². The van der Waals surface area contributed by atoms with Crippen LogP contribution in [-0.2, 0) is 33.2 Å². The third-order valence-corrected chi connectivity index (χ3v) is 9.30. The smallest absolute Gasteiger partial charge is 0.410 e. The molecule has 0 aliphatic carbocycles. The van der Waals surface area contributed by atoms with Crippen molar-refractivity contribution in [2.45, 2.75) is 96.1 Å². The molecular formula is C37H50N12O5. The summed E-state index contributed by atoms with van der Waals surface area (Å²) in [6, 6.07) is 19.8. The molecular weight excluding hydrogens is 692 g/mol. The number of hydrogen-bond donors (Lipinski definition) is 0. The number of fused-ring (bicyclic) bond motifs is 1. The van der Waals surface area contributed by atoms with Gasteiger partial charge in [0.25, 0.3) is 17.8 Å². The molecule has 7 rings (SSSR count). The fourth-order valence-electron chi connectivity index (χ4n) is 6.91. The van der Waals surface area contributed by atoms with Gasteiger partial charge in [0.15, 0.2) is 0 Å². The van der Waals surface area contributed by atoms with Gasteiger partial charge in [0.2, 0.25) is 5.54 Å². The predicted molar refractivity (Wildman–Crippen MR) is 199 cm³/mol. The zero-order valence-corrected chi connectivity index (χ0v) is 32.3. The number of aryl methyl sites for hydroxylation is 2. The van der Waals surface area contributed by atoms with Crippen molar-refractivity contribution in [3.05, 3.63) is 60.7 Å². The third kappa shape index (κ3) is 8.44. The fraction of sp³-hybridized carbons (Fsp3) is 0.541. The fourth-order valence-corrected chi connectivity index (χ4v) is 6.91. The molecule has 2 unspecified atom stereocenters. The Kier molecular flexibility index (Phi) is 10.6. The molecule has 2 aromatic carbocycles. The molecule has 3 aliphatic rings. The molecule has 288 valence electrons. The van der Waals surface area contributed by atoms with E-state index in [1.807, 2.05) is 86.3 Å². The largest absolute Gasteiger partial charge is 0.458 e. The molecule has 2 aromatic heterocycles. The van der Waals surface area contributed by atoms with Crippen LogP contribution in [0, 0.1) is 0 Å². The third-order valence-electron chi connectivity index (χ3n) is 9.30. The maximum atomic E-state index is 12.9. The van der Waals surface area contributed by atoms with E-state index in [2.05, 4.69) is 35.7 Å². The summed E-state index contributed by atoms with van der Waals surface area (Å²) in [4.78, 5) is 48.1. The minimum atomic E-state index is -1.20. The van der Waals surface area contributed by atoms with Crippen LogP contribution < -0.4 is 9.80 Å². The summed E-state index contributed by atoms with van der Waals surface area (Å²) in [5.41, 5.74) is -0.421. The second kappa shape index (κ2) is 15.0. The van der Waals surface area contributed by atoms with E-state index in [-0.39, 0.29) is 24.1 Å². The summed E-state index contributed by atoms with van der Waals surface area (Å²) in [6.07, 6.45) is 2.40. The van der Waals surface area contributed by atoms with E-state index in [9.17, 15) is 14.4 Å². The number of carbonyl (C=O) groups is 3. The van der Waals surface area contributed by atoms with Crippen LogP contribution in [0.25, 0.3) is 0 Å². The maximum absolute atomic E-state index is 12.9. The summed E-state index contributed by atoms with van der Waals surface area (Å²) in [7, 11) is 3.46. The first-order chi connectivity index (χ1) is 25.6. The van der Waals surface area contributed by atoms with Crippen molar-refractivity contribution in [2.75, 3.05) is 29.4 Å². The normalized spacial score (nSPS) is 20.0. The average molecular weight is 743 g/mol. The Labute approximate surface area is 315 Å². The lowest BCUT2D eigenvalue weighted by Gasteiger charge is -2.38. The number of tetrazole rings is 2. The van der Waals surface area contributed by atoms with Crippen molar-refractivity contribution in [3.63, 3.8) is 0 Å². The Morgan fingerprint density at radius 1 is 0.704 bits per heavy atom. The van der Waals surface area contributed by atoms with Crippen LogP contribution in [0.2, 0.25) is 0 Å². The van der Waals surface area contributed by atoms with Crippen molar-refractivity contribution in [2.24, 2.45) is 14.1 Å². The van der Waals surface area contributed by atoms with Crippen LogP contribution in [0.5, 0.6) is 0 Å². The SMILES string of the molecule is Cn1nnc(N(c2ccccc2)C2CCN(C(=O)OC(C)(C)C)CC2)n1.Cn1nnc(N(c2ccccc2)C2CCN3C(=O)C3(C(=O)OC(C)(C)C)C2)n1. The number of esters is 1. The van der Waals surface area contributed by atoms with Crippen LogP contribution in [0.15, 0.2) is 60.7 Å². The molecule has 0 saturated carbocycles. The number of piperidine rings is 2. The van der Waals surface area contributed by atoms with Gasteiger partial charge in [0.1, 0.15) is 11.2 Å². The van der Waals surface area contributed by atoms with E-state index in [4.69, 9.17) is 9.47 Å². The van der Waals surface area contributed by atoms with Crippen LogP contribution in [0.3, 0.4) is 0 Å². The number of likely N-dealkylation sites (tertiary alicyclic amines) is 1. The van der Waals surface area contributed by atoms with Gasteiger partial charge < -0.3 is 29.1 Å². The molecule has 0 spiro atoms. The number of rotatable bonds is 7. The number of ether oxygens (including phenoxy) is 2. The molecule has 4 aromatic rings. The molecule has 0 N–H and O–H groups in total. The molecule has 17 nitrogen and oxygen atoms in total. The monoisotopic (exact) mass is 742 g/mol. The number of para-hydroxylation sites is 2. The molecule has 0 radical (unpaired) electrons. The average Bonchev–Trinajstić information content (AvgIpc) is 3.37. The number of nitrogens with zero attached hydrogens (tertiary/aromatic N) is 12. The van der Waals surface area contributed by atoms with E-state index in [1.165, 1.54) is 9.59 Å². The summed E-state index contributed by atoms with van der Waals surface area (Å²) in [5, 5.41) is 25.0. The van der Waals surface area contributed by atoms with Gasteiger partial charge in [-0.25, -0.2) is 9.59 Å². The van der Waals surface area contributed by atoms with Gasteiger partial charge in [-0.1, -0.05) is 46.6 Å².